The Morgan fingerprint density at radius 1 is 1.08 bits per heavy atom. The van der Waals surface area contributed by atoms with Gasteiger partial charge in [-0.15, -0.1) is 0 Å². The summed E-state index contributed by atoms with van der Waals surface area (Å²) >= 11 is 12.9. The second kappa shape index (κ2) is 11.6. The largest absolute Gasteiger partial charge is 0.478 e. The first kappa shape index (κ1) is 26.2. The van der Waals surface area contributed by atoms with Crippen molar-refractivity contribution in [1.29, 1.82) is 0 Å². The minimum absolute atomic E-state index is 0.0346. The Hall–Kier alpha value is -3.38. The first-order chi connectivity index (χ1) is 18.4. The van der Waals surface area contributed by atoms with E-state index in [0.717, 1.165) is 82.7 Å². The van der Waals surface area contributed by atoms with E-state index in [-0.39, 0.29) is 6.23 Å². The van der Waals surface area contributed by atoms with Crippen molar-refractivity contribution in [2.24, 2.45) is 0 Å². The SMILES string of the molecule is CC/C(=C(/c1ccc(C=CC(=O)O)cc1)c1ccc2c(cnn2C2CCCCO2)c1)c1ccc(Cl)cc1Cl. The molecule has 1 N–H and O–H groups in total. The number of rotatable bonds is 7. The number of benzene rings is 3. The summed E-state index contributed by atoms with van der Waals surface area (Å²) in [6.45, 7) is 2.87. The molecule has 2 heterocycles. The number of fused-ring (bicyclic) bond motifs is 1. The van der Waals surface area contributed by atoms with Crippen LogP contribution >= 0.6 is 23.2 Å². The summed E-state index contributed by atoms with van der Waals surface area (Å²) in [5.41, 5.74) is 6.95. The predicted molar refractivity (Wildman–Crippen MR) is 154 cm³/mol. The number of hydrogen-bond acceptors (Lipinski definition) is 3. The number of allylic oxidation sites excluding steroid dienone is 1. The van der Waals surface area contributed by atoms with Crippen LogP contribution in [0.15, 0.2) is 72.9 Å². The Morgan fingerprint density at radius 2 is 1.87 bits per heavy atom. The minimum Gasteiger partial charge on any atom is -0.478 e. The van der Waals surface area contributed by atoms with Crippen molar-refractivity contribution in [3.8, 4) is 0 Å². The van der Waals surface area contributed by atoms with Crippen LogP contribution in [0.5, 0.6) is 0 Å². The van der Waals surface area contributed by atoms with E-state index in [0.29, 0.717) is 10.0 Å². The maximum atomic E-state index is 11.0. The van der Waals surface area contributed by atoms with Crippen molar-refractivity contribution in [2.75, 3.05) is 6.61 Å². The third-order valence-corrected chi connectivity index (χ3v) is 7.39. The maximum Gasteiger partial charge on any atom is 0.328 e. The fourth-order valence-corrected chi connectivity index (χ4v) is 5.56. The molecular formula is C31H28Cl2N2O3. The topological polar surface area (TPSA) is 64.3 Å². The average molecular weight is 547 g/mol. The molecule has 7 heteroatoms. The Kier molecular flexibility index (Phi) is 7.98. The highest BCUT2D eigenvalue weighted by molar-refractivity contribution is 6.36. The molecule has 0 bridgehead atoms. The fourth-order valence-electron chi connectivity index (χ4n) is 5.03. The van der Waals surface area contributed by atoms with Crippen molar-refractivity contribution in [3.05, 3.63) is 105 Å². The van der Waals surface area contributed by atoms with E-state index in [1.165, 1.54) is 0 Å². The zero-order chi connectivity index (χ0) is 26.6. The molecule has 4 aromatic rings. The number of nitrogens with zero attached hydrogens (tertiary/aromatic N) is 2. The first-order valence-corrected chi connectivity index (χ1v) is 13.5. The molecule has 0 spiro atoms. The molecule has 1 aromatic heterocycles. The molecule has 0 aliphatic carbocycles. The van der Waals surface area contributed by atoms with Gasteiger partial charge in [0.25, 0.3) is 0 Å². The number of carboxylic acid groups (broad SMARTS) is 1. The van der Waals surface area contributed by atoms with E-state index < -0.39 is 5.97 Å². The molecule has 1 unspecified atom stereocenters. The van der Waals surface area contributed by atoms with Gasteiger partial charge in [0, 0.05) is 28.1 Å². The molecule has 1 aliphatic heterocycles. The normalized spacial score (nSPS) is 16.7. The highest BCUT2D eigenvalue weighted by Gasteiger charge is 2.20. The summed E-state index contributed by atoms with van der Waals surface area (Å²) in [7, 11) is 0. The lowest BCUT2D eigenvalue weighted by atomic mass is 9.87. The summed E-state index contributed by atoms with van der Waals surface area (Å²) in [6.07, 6.45) is 8.51. The molecule has 5 nitrogen and oxygen atoms in total. The van der Waals surface area contributed by atoms with Gasteiger partial charge >= 0.3 is 5.97 Å². The van der Waals surface area contributed by atoms with Gasteiger partial charge < -0.3 is 9.84 Å². The molecule has 38 heavy (non-hydrogen) atoms. The lowest BCUT2D eigenvalue weighted by Gasteiger charge is -2.23. The molecule has 0 saturated carbocycles. The average Bonchev–Trinajstić information content (AvgIpc) is 3.35. The van der Waals surface area contributed by atoms with E-state index in [9.17, 15) is 4.79 Å². The number of aliphatic carboxylic acids is 1. The molecule has 5 rings (SSSR count). The van der Waals surface area contributed by atoms with Crippen LogP contribution in [0.4, 0.5) is 0 Å². The van der Waals surface area contributed by atoms with Crippen molar-refractivity contribution >= 4 is 57.3 Å². The first-order valence-electron chi connectivity index (χ1n) is 12.7. The van der Waals surface area contributed by atoms with Crippen LogP contribution in [0.3, 0.4) is 0 Å². The molecule has 3 aromatic carbocycles. The quantitative estimate of drug-likeness (QED) is 0.186. The van der Waals surface area contributed by atoms with Gasteiger partial charge in [-0.2, -0.15) is 5.10 Å². The summed E-state index contributed by atoms with van der Waals surface area (Å²) < 4.78 is 7.97. The van der Waals surface area contributed by atoms with Gasteiger partial charge in [0.2, 0.25) is 0 Å². The number of carbonyl (C=O) groups is 1. The van der Waals surface area contributed by atoms with Crippen molar-refractivity contribution in [3.63, 3.8) is 0 Å². The van der Waals surface area contributed by atoms with Crippen LogP contribution in [0.25, 0.3) is 28.1 Å². The van der Waals surface area contributed by atoms with Gasteiger partial charge in [-0.3, -0.25) is 0 Å². The molecule has 194 valence electrons. The number of ether oxygens (including phenoxy) is 1. The molecule has 1 aliphatic rings. The molecule has 1 atom stereocenters. The summed E-state index contributed by atoms with van der Waals surface area (Å²) in [6, 6.07) is 19.8. The van der Waals surface area contributed by atoms with Crippen molar-refractivity contribution < 1.29 is 14.6 Å². The molecule has 0 radical (unpaired) electrons. The van der Waals surface area contributed by atoms with Crippen LogP contribution in [-0.2, 0) is 9.53 Å². The van der Waals surface area contributed by atoms with Gasteiger partial charge in [0.15, 0.2) is 6.23 Å². The number of aromatic nitrogens is 2. The van der Waals surface area contributed by atoms with Crippen molar-refractivity contribution in [2.45, 2.75) is 38.8 Å². The van der Waals surface area contributed by atoms with Gasteiger partial charge in [-0.25, -0.2) is 9.48 Å². The minimum atomic E-state index is -0.979. The van der Waals surface area contributed by atoms with Gasteiger partial charge in [0.05, 0.1) is 11.7 Å². The molecule has 1 fully saturated rings. The second-order valence-electron chi connectivity index (χ2n) is 9.31. The highest BCUT2D eigenvalue weighted by atomic mass is 35.5. The summed E-state index contributed by atoms with van der Waals surface area (Å²) in [5.74, 6) is -0.979. The zero-order valence-electron chi connectivity index (χ0n) is 21.0. The number of halogens is 2. The maximum absolute atomic E-state index is 11.0. The summed E-state index contributed by atoms with van der Waals surface area (Å²) in [4.78, 5) is 11.0. The van der Waals surface area contributed by atoms with Crippen LogP contribution < -0.4 is 0 Å². The van der Waals surface area contributed by atoms with Crippen molar-refractivity contribution in [1.82, 2.24) is 9.78 Å². The van der Waals surface area contributed by atoms with Crippen LogP contribution in [0.1, 0.15) is 61.1 Å². The van der Waals surface area contributed by atoms with Gasteiger partial charge in [-0.05, 0) is 89.4 Å². The predicted octanol–water partition coefficient (Wildman–Crippen LogP) is 8.51. The van der Waals surface area contributed by atoms with Crippen LogP contribution in [-0.4, -0.2) is 27.5 Å². The van der Waals surface area contributed by atoms with Crippen LogP contribution in [0, 0.1) is 0 Å². The van der Waals surface area contributed by atoms with Gasteiger partial charge in [0.1, 0.15) is 0 Å². The zero-order valence-corrected chi connectivity index (χ0v) is 22.5. The van der Waals surface area contributed by atoms with E-state index in [1.807, 2.05) is 47.3 Å². The third kappa shape index (κ3) is 5.56. The van der Waals surface area contributed by atoms with E-state index >= 15 is 0 Å². The Balaban J connectivity index is 1.65. The smallest absolute Gasteiger partial charge is 0.328 e. The molecule has 1 saturated heterocycles. The number of hydrogen-bond donors (Lipinski definition) is 1. The highest BCUT2D eigenvalue weighted by Crippen LogP contribution is 2.39. The Labute approximate surface area is 232 Å². The lowest BCUT2D eigenvalue weighted by molar-refractivity contribution is -0.131. The lowest BCUT2D eigenvalue weighted by Crippen LogP contribution is -2.18. The van der Waals surface area contributed by atoms with Gasteiger partial charge in [-0.1, -0.05) is 66.5 Å². The van der Waals surface area contributed by atoms with E-state index in [4.69, 9.17) is 33.0 Å². The Bertz CT molecular complexity index is 1530. The molecule has 0 amide bonds. The standard InChI is InChI=1S/C31H28Cl2N2O3/c1-2-25(26-13-12-24(32)18-27(26)33)31(21-9-6-20(7-10-21)8-15-30(36)37)22-11-14-28-23(17-22)19-34-35(28)29-5-3-4-16-38-29/h6-15,17-19,29H,2-5,16H2,1H3,(H,36,37)/b15-8?,31-25+. The monoisotopic (exact) mass is 546 g/mol. The number of carboxylic acids is 1. The summed E-state index contributed by atoms with van der Waals surface area (Å²) in [5, 5.41) is 15.9. The second-order valence-corrected chi connectivity index (χ2v) is 10.2. The Morgan fingerprint density at radius 3 is 2.55 bits per heavy atom. The molecular weight excluding hydrogens is 519 g/mol. The van der Waals surface area contributed by atoms with E-state index in [1.54, 1.807) is 12.1 Å². The van der Waals surface area contributed by atoms with Crippen LogP contribution in [0.2, 0.25) is 10.0 Å². The van der Waals surface area contributed by atoms with E-state index in [2.05, 4.69) is 30.2 Å². The third-order valence-electron chi connectivity index (χ3n) is 6.84. The fraction of sp³-hybridized carbons (Fsp3) is 0.226.